The molecule has 0 aliphatic carbocycles. The third-order valence-corrected chi connectivity index (χ3v) is 6.06. The maximum absolute atomic E-state index is 13.7. The van der Waals surface area contributed by atoms with Crippen molar-refractivity contribution >= 4 is 28.5 Å². The monoisotopic (exact) mass is 478 g/mol. The fraction of sp³-hybridized carbons (Fsp3) is 0.115. The molecule has 0 saturated carbocycles. The van der Waals surface area contributed by atoms with E-state index in [0.717, 1.165) is 11.1 Å². The third-order valence-electron chi connectivity index (χ3n) is 6.06. The minimum Gasteiger partial charge on any atom is -0.461 e. The van der Waals surface area contributed by atoms with Crippen LogP contribution in [0.2, 0.25) is 0 Å². The molecule has 6 aromatic rings. The SMILES string of the molecule is C[C@@H](NC(=O)C(c1ccccc1)n1ncc2c1nc(N)n1nc(-c3ccco3)nc21)c1ccccc1. The number of rotatable bonds is 6. The molecule has 0 aliphatic rings. The zero-order valence-electron chi connectivity index (χ0n) is 19.3. The van der Waals surface area contributed by atoms with Crippen LogP contribution in [0.4, 0.5) is 5.95 Å². The van der Waals surface area contributed by atoms with Crippen LogP contribution in [0.3, 0.4) is 0 Å². The van der Waals surface area contributed by atoms with Crippen molar-refractivity contribution in [2.24, 2.45) is 0 Å². The van der Waals surface area contributed by atoms with Gasteiger partial charge in [0.15, 0.2) is 23.1 Å². The van der Waals surface area contributed by atoms with Gasteiger partial charge < -0.3 is 15.5 Å². The summed E-state index contributed by atoms with van der Waals surface area (Å²) in [4.78, 5) is 22.9. The van der Waals surface area contributed by atoms with Crippen LogP contribution in [0.25, 0.3) is 28.3 Å². The Morgan fingerprint density at radius 3 is 2.36 bits per heavy atom. The molecule has 10 heteroatoms. The molecule has 0 bridgehead atoms. The number of carbonyl (C=O) groups excluding carboxylic acids is 1. The average Bonchev–Trinajstić information content (AvgIpc) is 3.66. The first-order valence-electron chi connectivity index (χ1n) is 11.4. The van der Waals surface area contributed by atoms with Crippen LogP contribution in [0, 0.1) is 0 Å². The van der Waals surface area contributed by atoms with Crippen LogP contribution in [0.1, 0.15) is 30.1 Å². The first-order chi connectivity index (χ1) is 17.6. The number of nitrogens with zero attached hydrogens (tertiary/aromatic N) is 6. The van der Waals surface area contributed by atoms with E-state index in [2.05, 4.69) is 25.5 Å². The molecule has 10 nitrogen and oxygen atoms in total. The van der Waals surface area contributed by atoms with E-state index in [-0.39, 0.29) is 17.9 Å². The number of benzene rings is 2. The van der Waals surface area contributed by atoms with Crippen LogP contribution < -0.4 is 11.1 Å². The van der Waals surface area contributed by atoms with Crippen molar-refractivity contribution in [1.82, 2.24) is 34.7 Å². The van der Waals surface area contributed by atoms with Gasteiger partial charge in [-0.25, -0.2) is 9.67 Å². The second kappa shape index (κ2) is 8.66. The van der Waals surface area contributed by atoms with Gasteiger partial charge in [-0.1, -0.05) is 60.7 Å². The van der Waals surface area contributed by atoms with Crippen molar-refractivity contribution in [3.05, 3.63) is 96.4 Å². The molecule has 178 valence electrons. The molecule has 0 spiro atoms. The number of anilines is 1. The van der Waals surface area contributed by atoms with Crippen LogP contribution in [0.15, 0.2) is 89.7 Å². The summed E-state index contributed by atoms with van der Waals surface area (Å²) in [6.45, 7) is 1.95. The van der Waals surface area contributed by atoms with Gasteiger partial charge in [-0.3, -0.25) is 4.79 Å². The average molecular weight is 479 g/mol. The van der Waals surface area contributed by atoms with E-state index >= 15 is 0 Å². The lowest BCUT2D eigenvalue weighted by Crippen LogP contribution is -2.35. The zero-order valence-corrected chi connectivity index (χ0v) is 19.3. The van der Waals surface area contributed by atoms with Crippen LogP contribution >= 0.6 is 0 Å². The fourth-order valence-corrected chi connectivity index (χ4v) is 4.28. The van der Waals surface area contributed by atoms with Gasteiger partial charge in [0.25, 0.3) is 0 Å². The molecule has 6 rings (SSSR count). The van der Waals surface area contributed by atoms with Crippen LogP contribution in [-0.4, -0.2) is 35.3 Å². The van der Waals surface area contributed by atoms with Crippen molar-refractivity contribution in [3.8, 4) is 11.6 Å². The molecule has 0 aliphatic heterocycles. The standard InChI is InChI=1S/C26H22N8O2/c1-16(17-9-4-2-5-10-17)29-25(35)21(18-11-6-3-7-12-18)33-24-19(15-28-33)23-30-22(20-13-8-14-36-20)32-34(23)26(27)31-24/h2-16,21H,1H3,(H2,27,31)(H,29,35)/t16-,21?/m1/s1. The van der Waals surface area contributed by atoms with Crippen molar-refractivity contribution in [2.75, 3.05) is 5.73 Å². The van der Waals surface area contributed by atoms with Crippen LogP contribution in [0.5, 0.6) is 0 Å². The molecule has 36 heavy (non-hydrogen) atoms. The molecule has 4 heterocycles. The lowest BCUT2D eigenvalue weighted by atomic mass is 10.0. The number of carbonyl (C=O) groups is 1. The van der Waals surface area contributed by atoms with E-state index in [1.54, 1.807) is 29.3 Å². The smallest absolute Gasteiger partial charge is 0.250 e. The van der Waals surface area contributed by atoms with Gasteiger partial charge in [-0.15, -0.1) is 5.10 Å². The van der Waals surface area contributed by atoms with Gasteiger partial charge in [-0.05, 0) is 30.2 Å². The first kappa shape index (κ1) is 21.5. The number of hydrogen-bond donors (Lipinski definition) is 2. The largest absolute Gasteiger partial charge is 0.461 e. The molecule has 1 unspecified atom stereocenters. The molecule has 1 amide bonds. The highest BCUT2D eigenvalue weighted by atomic mass is 16.3. The van der Waals surface area contributed by atoms with E-state index in [9.17, 15) is 4.79 Å². The lowest BCUT2D eigenvalue weighted by molar-refractivity contribution is -0.124. The van der Waals surface area contributed by atoms with E-state index in [0.29, 0.717) is 28.3 Å². The Morgan fingerprint density at radius 1 is 0.944 bits per heavy atom. The minimum absolute atomic E-state index is 0.120. The summed E-state index contributed by atoms with van der Waals surface area (Å²) in [6.07, 6.45) is 3.18. The van der Waals surface area contributed by atoms with E-state index in [4.69, 9.17) is 10.2 Å². The van der Waals surface area contributed by atoms with Gasteiger partial charge in [0.05, 0.1) is 23.9 Å². The highest BCUT2D eigenvalue weighted by Gasteiger charge is 2.28. The number of amides is 1. The number of nitrogens with two attached hydrogens (primary N) is 1. The zero-order chi connectivity index (χ0) is 24.6. The fourth-order valence-electron chi connectivity index (χ4n) is 4.28. The van der Waals surface area contributed by atoms with E-state index in [1.165, 1.54) is 4.52 Å². The highest BCUT2D eigenvalue weighted by Crippen LogP contribution is 2.28. The molecule has 2 atom stereocenters. The summed E-state index contributed by atoms with van der Waals surface area (Å²) in [7, 11) is 0. The Hall–Kier alpha value is -4.99. The maximum atomic E-state index is 13.7. The number of nitrogens with one attached hydrogen (secondary N) is 1. The second-order valence-electron chi connectivity index (χ2n) is 8.40. The second-order valence-corrected chi connectivity index (χ2v) is 8.40. The third kappa shape index (κ3) is 3.65. The number of fused-ring (bicyclic) bond motifs is 3. The molecule has 3 N–H and O–H groups in total. The van der Waals surface area contributed by atoms with Gasteiger partial charge >= 0.3 is 0 Å². The van der Waals surface area contributed by atoms with E-state index in [1.807, 2.05) is 67.6 Å². The maximum Gasteiger partial charge on any atom is 0.250 e. The topological polar surface area (TPSA) is 129 Å². The Labute approximate surface area is 205 Å². The summed E-state index contributed by atoms with van der Waals surface area (Å²) in [5.74, 6) is 0.785. The quantitative estimate of drug-likeness (QED) is 0.373. The summed E-state index contributed by atoms with van der Waals surface area (Å²) < 4.78 is 8.46. The van der Waals surface area contributed by atoms with E-state index < -0.39 is 6.04 Å². The Kier molecular flexibility index (Phi) is 5.18. The Balaban J connectivity index is 1.46. The lowest BCUT2D eigenvalue weighted by Gasteiger charge is -2.22. The van der Waals surface area contributed by atoms with Crippen molar-refractivity contribution in [2.45, 2.75) is 19.0 Å². The number of hydrogen-bond acceptors (Lipinski definition) is 7. The summed E-state index contributed by atoms with van der Waals surface area (Å²) in [5, 5.41) is 12.7. The Bertz CT molecular complexity index is 1660. The van der Waals surface area contributed by atoms with Crippen molar-refractivity contribution in [1.29, 1.82) is 0 Å². The molecular formula is C26H22N8O2. The molecule has 4 aromatic heterocycles. The molecule has 0 saturated heterocycles. The molecule has 0 fully saturated rings. The predicted molar refractivity (Wildman–Crippen MR) is 134 cm³/mol. The summed E-state index contributed by atoms with van der Waals surface area (Å²) >= 11 is 0. The summed E-state index contributed by atoms with van der Waals surface area (Å²) in [5.41, 5.74) is 8.93. The van der Waals surface area contributed by atoms with Gasteiger partial charge in [0.2, 0.25) is 17.7 Å². The summed E-state index contributed by atoms with van der Waals surface area (Å²) in [6, 6.07) is 21.8. The number of nitrogen functional groups attached to an aromatic ring is 1. The molecular weight excluding hydrogens is 456 g/mol. The molecule has 2 aromatic carbocycles. The van der Waals surface area contributed by atoms with Crippen LogP contribution in [-0.2, 0) is 4.79 Å². The normalized spacial score (nSPS) is 13.1. The van der Waals surface area contributed by atoms with Gasteiger partial charge in [0, 0.05) is 0 Å². The molecule has 0 radical (unpaired) electrons. The number of furan rings is 1. The van der Waals surface area contributed by atoms with Gasteiger partial charge in [0.1, 0.15) is 0 Å². The van der Waals surface area contributed by atoms with Gasteiger partial charge in [-0.2, -0.15) is 14.6 Å². The van der Waals surface area contributed by atoms with Crippen molar-refractivity contribution in [3.63, 3.8) is 0 Å². The number of aromatic nitrogens is 6. The Morgan fingerprint density at radius 2 is 1.67 bits per heavy atom. The first-order valence-corrected chi connectivity index (χ1v) is 11.4. The van der Waals surface area contributed by atoms with Crippen molar-refractivity contribution < 1.29 is 9.21 Å². The predicted octanol–water partition coefficient (Wildman–Crippen LogP) is 3.78. The minimum atomic E-state index is -0.781. The highest BCUT2D eigenvalue weighted by molar-refractivity contribution is 5.92.